The Morgan fingerprint density at radius 1 is 1.15 bits per heavy atom. The minimum Gasteiger partial charge on any atom is -0.454 e. The molecule has 0 atom stereocenters. The van der Waals surface area contributed by atoms with Gasteiger partial charge in [-0.2, -0.15) is 0 Å². The van der Waals surface area contributed by atoms with E-state index in [1.807, 2.05) is 0 Å². The number of carbonyl (C=O) groups excluding carboxylic acids is 2. The predicted octanol–water partition coefficient (Wildman–Crippen LogP) is 1.52. The van der Waals surface area contributed by atoms with E-state index in [2.05, 4.69) is 15.6 Å². The fraction of sp³-hybridized carbons (Fsp3) is 0.125. The van der Waals surface area contributed by atoms with Gasteiger partial charge in [0, 0.05) is 6.07 Å². The summed E-state index contributed by atoms with van der Waals surface area (Å²) in [5, 5.41) is 21.0. The lowest BCUT2D eigenvalue weighted by molar-refractivity contribution is -0.383. The molecule has 0 saturated heterocycles. The summed E-state index contributed by atoms with van der Waals surface area (Å²) in [5.74, 6) is -1.37. The number of rotatable bonds is 6. The van der Waals surface area contributed by atoms with Crippen molar-refractivity contribution >= 4 is 34.3 Å². The van der Waals surface area contributed by atoms with Crippen LogP contribution in [0.25, 0.3) is 11.0 Å². The van der Waals surface area contributed by atoms with Gasteiger partial charge in [-0.05, 0) is 18.2 Å². The van der Waals surface area contributed by atoms with Crippen molar-refractivity contribution in [3.63, 3.8) is 0 Å². The summed E-state index contributed by atoms with van der Waals surface area (Å²) in [6.45, 7) is -0.781. The number of hydrogen-bond acceptors (Lipinski definition) is 7. The zero-order chi connectivity index (χ0) is 18.5. The van der Waals surface area contributed by atoms with Crippen LogP contribution in [-0.2, 0) is 20.9 Å². The molecule has 0 aliphatic rings. The highest BCUT2D eigenvalue weighted by atomic mass is 16.6. The van der Waals surface area contributed by atoms with Crippen LogP contribution in [0, 0.1) is 10.1 Å². The first-order chi connectivity index (χ1) is 12.5. The van der Waals surface area contributed by atoms with Crippen LogP contribution in [-0.4, -0.2) is 38.4 Å². The number of nitro groups is 1. The number of amides is 1. The van der Waals surface area contributed by atoms with Crippen molar-refractivity contribution in [2.75, 3.05) is 11.9 Å². The molecular formula is C16H13N5O5. The van der Waals surface area contributed by atoms with Crippen molar-refractivity contribution in [2.45, 2.75) is 6.54 Å². The molecule has 1 aromatic heterocycles. The van der Waals surface area contributed by atoms with E-state index in [1.165, 1.54) is 22.9 Å². The van der Waals surface area contributed by atoms with E-state index in [-0.39, 0.29) is 17.9 Å². The molecule has 1 N–H and O–H groups in total. The Morgan fingerprint density at radius 3 is 2.69 bits per heavy atom. The van der Waals surface area contributed by atoms with Gasteiger partial charge in [0.15, 0.2) is 6.61 Å². The van der Waals surface area contributed by atoms with Gasteiger partial charge in [0.25, 0.3) is 11.6 Å². The number of esters is 1. The van der Waals surface area contributed by atoms with E-state index >= 15 is 0 Å². The van der Waals surface area contributed by atoms with E-state index < -0.39 is 23.4 Å². The van der Waals surface area contributed by atoms with Crippen LogP contribution < -0.4 is 5.32 Å². The highest BCUT2D eigenvalue weighted by Gasteiger charge is 2.16. The van der Waals surface area contributed by atoms with E-state index in [0.717, 1.165) is 0 Å². The number of nitrogens with one attached hydrogen (secondary N) is 1. The molecule has 0 fully saturated rings. The molecule has 0 unspecified atom stereocenters. The number of para-hydroxylation sites is 3. The third-order valence-corrected chi connectivity index (χ3v) is 3.44. The molecule has 0 bridgehead atoms. The summed E-state index contributed by atoms with van der Waals surface area (Å²) in [6, 6.07) is 12.8. The predicted molar refractivity (Wildman–Crippen MR) is 90.2 cm³/mol. The molecule has 10 heteroatoms. The molecule has 0 saturated carbocycles. The molecule has 26 heavy (non-hydrogen) atoms. The highest BCUT2D eigenvalue weighted by molar-refractivity contribution is 5.94. The van der Waals surface area contributed by atoms with E-state index in [4.69, 9.17) is 4.74 Å². The minimum atomic E-state index is -0.684. The lowest BCUT2D eigenvalue weighted by Gasteiger charge is -2.07. The minimum absolute atomic E-state index is 0.0285. The number of nitro benzene ring substituents is 1. The van der Waals surface area contributed by atoms with Gasteiger partial charge in [0.05, 0.1) is 10.4 Å². The average molecular weight is 355 g/mol. The summed E-state index contributed by atoms with van der Waals surface area (Å²) < 4.78 is 6.25. The number of nitrogens with zero attached hydrogens (tertiary/aromatic N) is 4. The first kappa shape index (κ1) is 17.0. The second-order valence-electron chi connectivity index (χ2n) is 5.22. The summed E-state index contributed by atoms with van der Waals surface area (Å²) in [7, 11) is 0. The first-order valence-electron chi connectivity index (χ1n) is 7.52. The van der Waals surface area contributed by atoms with Gasteiger partial charge in [0.2, 0.25) is 0 Å². The van der Waals surface area contributed by atoms with Crippen molar-refractivity contribution in [3.8, 4) is 0 Å². The van der Waals surface area contributed by atoms with E-state index in [1.54, 1.807) is 30.3 Å². The third-order valence-electron chi connectivity index (χ3n) is 3.44. The van der Waals surface area contributed by atoms with Gasteiger partial charge in [-0.15, -0.1) is 5.10 Å². The largest absolute Gasteiger partial charge is 0.454 e. The standard InChI is InChI=1S/C16H13N5O5/c22-15(17-11-5-1-4-8-14(11)21(24)25)10-26-16(23)9-20-13-7-3-2-6-12(13)18-19-20/h1-8H,9-10H2,(H,17,22). The highest BCUT2D eigenvalue weighted by Crippen LogP contribution is 2.22. The van der Waals surface area contributed by atoms with Crippen LogP contribution in [0.15, 0.2) is 48.5 Å². The molecule has 0 radical (unpaired) electrons. The fourth-order valence-corrected chi connectivity index (χ4v) is 2.27. The molecule has 1 heterocycles. The average Bonchev–Trinajstić information content (AvgIpc) is 3.03. The van der Waals surface area contributed by atoms with Gasteiger partial charge in [-0.3, -0.25) is 19.7 Å². The van der Waals surface area contributed by atoms with Gasteiger partial charge in [-0.1, -0.05) is 29.5 Å². The Balaban J connectivity index is 1.56. The summed E-state index contributed by atoms with van der Waals surface area (Å²) in [4.78, 5) is 34.0. The van der Waals surface area contributed by atoms with Crippen LogP contribution >= 0.6 is 0 Å². The second kappa shape index (κ2) is 7.38. The molecule has 10 nitrogen and oxygen atoms in total. The Kier molecular flexibility index (Phi) is 4.83. The topological polar surface area (TPSA) is 129 Å². The van der Waals surface area contributed by atoms with Crippen LogP contribution in [0.1, 0.15) is 0 Å². The molecule has 1 amide bonds. The number of anilines is 1. The Labute approximate surface area is 146 Å². The number of hydrogen-bond donors (Lipinski definition) is 1. The number of aromatic nitrogens is 3. The first-order valence-corrected chi connectivity index (χ1v) is 7.52. The summed E-state index contributed by atoms with van der Waals surface area (Å²) in [6.07, 6.45) is 0. The van der Waals surface area contributed by atoms with Crippen LogP contribution in [0.3, 0.4) is 0 Å². The molecule has 3 aromatic rings. The van der Waals surface area contributed by atoms with Crippen molar-refractivity contribution in [3.05, 3.63) is 58.6 Å². The van der Waals surface area contributed by atoms with Crippen molar-refractivity contribution in [1.82, 2.24) is 15.0 Å². The van der Waals surface area contributed by atoms with Gasteiger partial charge >= 0.3 is 5.97 Å². The smallest absolute Gasteiger partial charge is 0.328 e. The molecule has 0 aliphatic heterocycles. The Bertz CT molecular complexity index is 984. The zero-order valence-corrected chi connectivity index (χ0v) is 13.4. The van der Waals surface area contributed by atoms with Gasteiger partial charge in [-0.25, -0.2) is 4.68 Å². The SMILES string of the molecule is O=C(COC(=O)Cn1nnc2ccccc21)Nc1ccccc1[N+](=O)[O-]. The third kappa shape index (κ3) is 3.80. The number of benzene rings is 2. The molecule has 0 spiro atoms. The van der Waals surface area contributed by atoms with Gasteiger partial charge < -0.3 is 10.1 Å². The molecular weight excluding hydrogens is 342 g/mol. The second-order valence-corrected chi connectivity index (χ2v) is 5.22. The van der Waals surface area contributed by atoms with Crippen molar-refractivity contribution < 1.29 is 19.2 Å². The van der Waals surface area contributed by atoms with Gasteiger partial charge in [0.1, 0.15) is 17.7 Å². The number of ether oxygens (including phenoxy) is 1. The molecule has 2 aromatic carbocycles. The number of carbonyl (C=O) groups is 2. The summed E-state index contributed by atoms with van der Waals surface area (Å²) >= 11 is 0. The summed E-state index contributed by atoms with van der Waals surface area (Å²) in [5.41, 5.74) is 1.07. The fourth-order valence-electron chi connectivity index (χ4n) is 2.27. The van der Waals surface area contributed by atoms with Crippen LogP contribution in [0.4, 0.5) is 11.4 Å². The van der Waals surface area contributed by atoms with E-state index in [9.17, 15) is 19.7 Å². The normalized spacial score (nSPS) is 10.5. The van der Waals surface area contributed by atoms with E-state index in [0.29, 0.717) is 11.0 Å². The van der Waals surface area contributed by atoms with Crippen LogP contribution in [0.5, 0.6) is 0 Å². The maximum absolute atomic E-state index is 11.9. The van der Waals surface area contributed by atoms with Crippen molar-refractivity contribution in [2.24, 2.45) is 0 Å². The molecule has 3 rings (SSSR count). The molecule has 132 valence electrons. The van der Waals surface area contributed by atoms with Crippen molar-refractivity contribution in [1.29, 1.82) is 0 Å². The quantitative estimate of drug-likeness (QED) is 0.403. The number of fused-ring (bicyclic) bond motifs is 1. The Hall–Kier alpha value is -3.82. The zero-order valence-electron chi connectivity index (χ0n) is 13.4. The monoisotopic (exact) mass is 355 g/mol. The Morgan fingerprint density at radius 2 is 1.88 bits per heavy atom. The lowest BCUT2D eigenvalue weighted by atomic mass is 10.2. The lowest BCUT2D eigenvalue weighted by Crippen LogP contribution is -2.23. The maximum atomic E-state index is 11.9. The maximum Gasteiger partial charge on any atom is 0.328 e. The van der Waals surface area contributed by atoms with Crippen LogP contribution in [0.2, 0.25) is 0 Å². The molecule has 0 aliphatic carbocycles.